The van der Waals surface area contributed by atoms with Crippen LogP contribution in [0.5, 0.6) is 0 Å². The average molecular weight is 309 g/mol. The van der Waals surface area contributed by atoms with Gasteiger partial charge in [0.1, 0.15) is 0 Å². The van der Waals surface area contributed by atoms with Gasteiger partial charge in [-0.2, -0.15) is 0 Å². The summed E-state index contributed by atoms with van der Waals surface area (Å²) in [6.07, 6.45) is 0. The van der Waals surface area contributed by atoms with Crippen molar-refractivity contribution in [1.82, 2.24) is 9.55 Å². The summed E-state index contributed by atoms with van der Waals surface area (Å²) in [5, 5.41) is 1.35. The summed E-state index contributed by atoms with van der Waals surface area (Å²) in [4.78, 5) is 3.16. The highest BCUT2D eigenvalue weighted by atomic mass is 35.5. The van der Waals surface area contributed by atoms with Gasteiger partial charge in [0.2, 0.25) is 0 Å². The zero-order valence-electron chi connectivity index (χ0n) is 10.1. The molecule has 96 valence electrons. The number of benzene rings is 2. The first kappa shape index (κ1) is 12.7. The first-order valence-electron chi connectivity index (χ1n) is 5.73. The Labute approximate surface area is 125 Å². The Morgan fingerprint density at radius 2 is 1.95 bits per heavy atom. The first-order valence-corrected chi connectivity index (χ1v) is 6.90. The molecule has 2 aromatic carbocycles. The molecule has 1 aromatic heterocycles. The van der Waals surface area contributed by atoms with Crippen LogP contribution >= 0.6 is 35.4 Å². The van der Waals surface area contributed by atoms with Crippen LogP contribution in [0.1, 0.15) is 5.56 Å². The zero-order chi connectivity index (χ0) is 13.6. The minimum absolute atomic E-state index is 0.605. The molecule has 19 heavy (non-hydrogen) atoms. The minimum Gasteiger partial charge on any atom is -0.330 e. The van der Waals surface area contributed by atoms with Crippen molar-refractivity contribution >= 4 is 46.5 Å². The molecule has 0 saturated carbocycles. The highest BCUT2D eigenvalue weighted by Gasteiger charge is 2.12. The minimum atomic E-state index is 0.605. The molecule has 0 aliphatic heterocycles. The molecule has 0 unspecified atom stereocenters. The van der Waals surface area contributed by atoms with E-state index in [1.807, 2.05) is 47.9 Å². The fraction of sp³-hybridized carbons (Fsp3) is 0.0714. The summed E-state index contributed by atoms with van der Waals surface area (Å²) in [5.74, 6) is 0. The highest BCUT2D eigenvalue weighted by molar-refractivity contribution is 7.71. The fourth-order valence-corrected chi connectivity index (χ4v) is 2.99. The molecular weight excluding hydrogens is 299 g/mol. The van der Waals surface area contributed by atoms with Gasteiger partial charge in [0.25, 0.3) is 0 Å². The van der Waals surface area contributed by atoms with Crippen LogP contribution in [0.2, 0.25) is 10.0 Å². The number of aromatic nitrogens is 2. The predicted octanol–water partition coefficient (Wildman–Crippen LogP) is 5.30. The third kappa shape index (κ3) is 2.08. The maximum Gasteiger partial charge on any atom is 0.182 e. The Balaban J connectivity index is 2.43. The molecular formula is C14H10Cl2N2S. The monoisotopic (exact) mass is 308 g/mol. The van der Waals surface area contributed by atoms with Crippen LogP contribution in [-0.4, -0.2) is 9.55 Å². The molecule has 1 N–H and O–H groups in total. The number of imidazole rings is 1. The van der Waals surface area contributed by atoms with Crippen LogP contribution < -0.4 is 0 Å². The van der Waals surface area contributed by atoms with Crippen LogP contribution in [0.15, 0.2) is 36.4 Å². The van der Waals surface area contributed by atoms with Crippen LogP contribution in [0.3, 0.4) is 0 Å². The van der Waals surface area contributed by atoms with Crippen LogP contribution in [0.4, 0.5) is 0 Å². The second kappa shape index (κ2) is 4.67. The highest BCUT2D eigenvalue weighted by Crippen LogP contribution is 2.29. The van der Waals surface area contributed by atoms with E-state index in [1.54, 1.807) is 0 Å². The van der Waals surface area contributed by atoms with Gasteiger partial charge in [-0.3, -0.25) is 4.57 Å². The lowest BCUT2D eigenvalue weighted by atomic mass is 10.2. The molecule has 5 heteroatoms. The number of H-pyrrole nitrogens is 1. The number of hydrogen-bond donors (Lipinski definition) is 1. The smallest absolute Gasteiger partial charge is 0.182 e. The van der Waals surface area contributed by atoms with Crippen molar-refractivity contribution in [3.8, 4) is 5.69 Å². The van der Waals surface area contributed by atoms with Gasteiger partial charge in [0, 0.05) is 5.02 Å². The van der Waals surface area contributed by atoms with Crippen molar-refractivity contribution in [3.05, 3.63) is 56.8 Å². The molecule has 2 nitrogen and oxygen atoms in total. The summed E-state index contributed by atoms with van der Waals surface area (Å²) in [5.41, 5.74) is 3.84. The fourth-order valence-electron chi connectivity index (χ4n) is 2.21. The second-order valence-corrected chi connectivity index (χ2v) is 5.56. The number of nitrogens with one attached hydrogen (secondary N) is 1. The summed E-state index contributed by atoms with van der Waals surface area (Å²) in [6.45, 7) is 2.01. The topological polar surface area (TPSA) is 20.7 Å². The number of nitrogens with zero attached hydrogens (tertiary/aromatic N) is 1. The van der Waals surface area contributed by atoms with E-state index >= 15 is 0 Å². The number of halogens is 2. The third-order valence-electron chi connectivity index (χ3n) is 3.06. The predicted molar refractivity (Wildman–Crippen MR) is 83.2 cm³/mol. The molecule has 0 saturated heterocycles. The molecule has 0 bridgehead atoms. The van der Waals surface area contributed by atoms with E-state index in [-0.39, 0.29) is 0 Å². The quantitative estimate of drug-likeness (QED) is 0.605. The molecule has 0 spiro atoms. The Morgan fingerprint density at radius 3 is 2.68 bits per heavy atom. The number of fused-ring (bicyclic) bond motifs is 1. The molecule has 1 heterocycles. The summed E-state index contributed by atoms with van der Waals surface area (Å²) in [7, 11) is 0. The van der Waals surface area contributed by atoms with Gasteiger partial charge in [0.15, 0.2) is 4.77 Å². The molecule has 0 aliphatic carbocycles. The number of hydrogen-bond acceptors (Lipinski definition) is 1. The first-order chi connectivity index (χ1) is 9.08. The maximum absolute atomic E-state index is 6.32. The van der Waals surface area contributed by atoms with E-state index < -0.39 is 0 Å². The Morgan fingerprint density at radius 1 is 1.16 bits per heavy atom. The van der Waals surface area contributed by atoms with E-state index in [4.69, 9.17) is 35.4 Å². The lowest BCUT2D eigenvalue weighted by molar-refractivity contribution is 1.05. The van der Waals surface area contributed by atoms with E-state index in [2.05, 4.69) is 4.98 Å². The second-order valence-electron chi connectivity index (χ2n) is 4.33. The Hall–Kier alpha value is -1.29. The molecule has 0 amide bonds. The van der Waals surface area contributed by atoms with Gasteiger partial charge in [-0.15, -0.1) is 0 Å². The molecule has 3 aromatic rings. The van der Waals surface area contributed by atoms with Gasteiger partial charge in [-0.25, -0.2) is 0 Å². The standard InChI is InChI=1S/C14H10Cl2N2S/c1-8-3-2-4-10(16)13(8)18-12-6-5-9(15)7-11(12)17-14(18)19/h2-7H,1H3,(H,17,19). The lowest BCUT2D eigenvalue weighted by Crippen LogP contribution is -1.98. The molecule has 0 fully saturated rings. The summed E-state index contributed by atoms with van der Waals surface area (Å²) >= 11 is 17.7. The van der Waals surface area contributed by atoms with Crippen molar-refractivity contribution in [2.75, 3.05) is 0 Å². The van der Waals surface area contributed by atoms with E-state index in [1.165, 1.54) is 0 Å². The number of para-hydroxylation sites is 1. The number of rotatable bonds is 1. The lowest BCUT2D eigenvalue weighted by Gasteiger charge is -2.10. The van der Waals surface area contributed by atoms with Gasteiger partial charge in [0.05, 0.1) is 21.7 Å². The van der Waals surface area contributed by atoms with Crippen molar-refractivity contribution in [2.45, 2.75) is 6.92 Å². The van der Waals surface area contributed by atoms with Gasteiger partial charge in [-0.1, -0.05) is 35.3 Å². The van der Waals surface area contributed by atoms with Crippen molar-refractivity contribution in [3.63, 3.8) is 0 Å². The number of aryl methyl sites for hydroxylation is 1. The average Bonchev–Trinajstić information content (AvgIpc) is 2.65. The molecule has 0 aliphatic rings. The van der Waals surface area contributed by atoms with Crippen LogP contribution in [-0.2, 0) is 0 Å². The van der Waals surface area contributed by atoms with Gasteiger partial charge in [-0.05, 0) is 49.0 Å². The summed E-state index contributed by atoms with van der Waals surface area (Å²) < 4.78 is 2.55. The zero-order valence-corrected chi connectivity index (χ0v) is 12.4. The van der Waals surface area contributed by atoms with E-state index in [0.29, 0.717) is 14.8 Å². The molecule has 3 rings (SSSR count). The van der Waals surface area contributed by atoms with Gasteiger partial charge >= 0.3 is 0 Å². The maximum atomic E-state index is 6.32. The normalized spacial score (nSPS) is 11.1. The van der Waals surface area contributed by atoms with Crippen molar-refractivity contribution in [1.29, 1.82) is 0 Å². The van der Waals surface area contributed by atoms with E-state index in [9.17, 15) is 0 Å². The van der Waals surface area contributed by atoms with Crippen LogP contribution in [0.25, 0.3) is 16.7 Å². The summed E-state index contributed by atoms with van der Waals surface area (Å²) in [6, 6.07) is 11.4. The largest absolute Gasteiger partial charge is 0.330 e. The Bertz CT molecular complexity index is 813. The Kier molecular flexibility index (Phi) is 3.13. The molecule has 0 atom stereocenters. The van der Waals surface area contributed by atoms with Crippen molar-refractivity contribution in [2.24, 2.45) is 0 Å². The van der Waals surface area contributed by atoms with E-state index in [0.717, 1.165) is 22.3 Å². The molecule has 0 radical (unpaired) electrons. The third-order valence-corrected chi connectivity index (χ3v) is 3.88. The van der Waals surface area contributed by atoms with Gasteiger partial charge < -0.3 is 4.98 Å². The number of aromatic amines is 1. The van der Waals surface area contributed by atoms with Crippen LogP contribution in [0, 0.1) is 11.7 Å². The van der Waals surface area contributed by atoms with Crippen molar-refractivity contribution < 1.29 is 0 Å². The SMILES string of the molecule is Cc1cccc(Cl)c1-n1c(=S)[nH]c2cc(Cl)ccc21.